The molecule has 0 aliphatic carbocycles. The third-order valence-electron chi connectivity index (χ3n) is 2.43. The van der Waals surface area contributed by atoms with E-state index < -0.39 is 11.7 Å². The Kier molecular flexibility index (Phi) is 4.08. The van der Waals surface area contributed by atoms with Crippen LogP contribution in [-0.2, 0) is 6.18 Å². The highest BCUT2D eigenvalue weighted by atomic mass is 35.5. The minimum atomic E-state index is -4.50. The number of alkyl halides is 3. The number of ether oxygens (including phenoxy) is 1. The molecule has 0 unspecified atom stereocenters. The van der Waals surface area contributed by atoms with Crippen LogP contribution in [-0.4, -0.2) is 17.1 Å². The van der Waals surface area contributed by atoms with Gasteiger partial charge in [-0.15, -0.1) is 0 Å². The number of nitrogens with one attached hydrogen (secondary N) is 1. The van der Waals surface area contributed by atoms with Gasteiger partial charge in [0.05, 0.1) is 12.7 Å². The number of methoxy groups -OCH3 is 1. The van der Waals surface area contributed by atoms with Gasteiger partial charge in [0.15, 0.2) is 0 Å². The lowest BCUT2D eigenvalue weighted by Crippen LogP contribution is -2.06. The van der Waals surface area contributed by atoms with Crippen LogP contribution in [0.1, 0.15) is 5.56 Å². The number of nitrogen functional groups attached to an aromatic ring is 1. The molecule has 1 aromatic carbocycles. The maximum atomic E-state index is 12.7. The number of halogens is 4. The molecular formula is C12H10ClF3N4O. The lowest BCUT2D eigenvalue weighted by atomic mass is 10.2. The average Bonchev–Trinajstić information content (AvgIpc) is 2.36. The van der Waals surface area contributed by atoms with Gasteiger partial charge >= 0.3 is 6.18 Å². The molecular weight excluding hydrogens is 309 g/mol. The first kappa shape index (κ1) is 15.2. The number of anilines is 3. The van der Waals surface area contributed by atoms with Crippen LogP contribution in [0.15, 0.2) is 24.3 Å². The third-order valence-corrected chi connectivity index (χ3v) is 2.64. The molecule has 9 heteroatoms. The van der Waals surface area contributed by atoms with Crippen molar-refractivity contribution < 1.29 is 17.9 Å². The molecule has 2 aromatic rings. The van der Waals surface area contributed by atoms with E-state index in [0.717, 1.165) is 12.1 Å². The highest BCUT2D eigenvalue weighted by Crippen LogP contribution is 2.34. The summed E-state index contributed by atoms with van der Waals surface area (Å²) in [4.78, 5) is 7.62. The van der Waals surface area contributed by atoms with Gasteiger partial charge in [-0.05, 0) is 18.2 Å². The fourth-order valence-electron chi connectivity index (χ4n) is 1.58. The first-order chi connectivity index (χ1) is 9.77. The second kappa shape index (κ2) is 5.65. The Morgan fingerprint density at radius 3 is 2.52 bits per heavy atom. The van der Waals surface area contributed by atoms with Crippen molar-refractivity contribution in [1.29, 1.82) is 0 Å². The van der Waals surface area contributed by atoms with Gasteiger partial charge in [0.25, 0.3) is 0 Å². The fraction of sp³-hybridized carbons (Fsp3) is 0.167. The molecule has 0 saturated carbocycles. The summed E-state index contributed by atoms with van der Waals surface area (Å²) in [5, 5.41) is 2.62. The van der Waals surface area contributed by atoms with E-state index in [4.69, 9.17) is 22.1 Å². The summed E-state index contributed by atoms with van der Waals surface area (Å²) >= 11 is 5.69. The summed E-state index contributed by atoms with van der Waals surface area (Å²) in [6.45, 7) is 0. The van der Waals surface area contributed by atoms with E-state index in [2.05, 4.69) is 15.3 Å². The predicted octanol–water partition coefficient (Wildman–Crippen LogP) is 3.48. The van der Waals surface area contributed by atoms with Gasteiger partial charge < -0.3 is 15.8 Å². The van der Waals surface area contributed by atoms with Gasteiger partial charge in [-0.2, -0.15) is 23.1 Å². The van der Waals surface area contributed by atoms with E-state index in [1.807, 2.05) is 0 Å². The molecule has 0 atom stereocenters. The van der Waals surface area contributed by atoms with E-state index in [1.165, 1.54) is 19.2 Å². The molecule has 0 fully saturated rings. The van der Waals surface area contributed by atoms with Crippen LogP contribution in [0.25, 0.3) is 0 Å². The molecule has 1 aromatic heterocycles. The summed E-state index contributed by atoms with van der Waals surface area (Å²) in [5.41, 5.74) is 4.72. The minimum Gasteiger partial charge on any atom is -0.481 e. The Balaban J connectivity index is 2.35. The van der Waals surface area contributed by atoms with Crippen molar-refractivity contribution in [2.24, 2.45) is 0 Å². The van der Waals surface area contributed by atoms with Crippen LogP contribution in [0.5, 0.6) is 5.88 Å². The van der Waals surface area contributed by atoms with E-state index in [-0.39, 0.29) is 28.4 Å². The SMILES string of the molecule is COc1cc(Nc2cc(Cl)cc(C(F)(F)F)c2)nc(N)n1. The fourth-order valence-corrected chi connectivity index (χ4v) is 1.82. The number of nitrogens with two attached hydrogens (primary N) is 1. The van der Waals surface area contributed by atoms with Gasteiger partial charge in [0.1, 0.15) is 5.82 Å². The van der Waals surface area contributed by atoms with Gasteiger partial charge in [-0.3, -0.25) is 0 Å². The van der Waals surface area contributed by atoms with Crippen LogP contribution in [0.2, 0.25) is 5.02 Å². The maximum absolute atomic E-state index is 12.7. The van der Waals surface area contributed by atoms with Crippen LogP contribution in [0, 0.1) is 0 Å². The number of hydrogen-bond acceptors (Lipinski definition) is 5. The van der Waals surface area contributed by atoms with Crippen molar-refractivity contribution in [2.75, 3.05) is 18.2 Å². The predicted molar refractivity (Wildman–Crippen MR) is 72.7 cm³/mol. The number of hydrogen-bond donors (Lipinski definition) is 2. The van der Waals surface area contributed by atoms with Crippen molar-refractivity contribution in [3.63, 3.8) is 0 Å². The Hall–Kier alpha value is -2.22. The standard InChI is InChI=1S/C12H10ClF3N4O/c1-21-10-5-9(19-11(17)20-10)18-8-3-6(12(14,15)16)2-7(13)4-8/h2-5H,1H3,(H3,17,18,19,20). The number of aromatic nitrogens is 2. The lowest BCUT2D eigenvalue weighted by molar-refractivity contribution is -0.137. The molecule has 0 bridgehead atoms. The van der Waals surface area contributed by atoms with Crippen molar-refractivity contribution >= 4 is 29.1 Å². The Bertz CT molecular complexity index is 663. The molecule has 0 spiro atoms. The molecule has 0 aliphatic rings. The smallest absolute Gasteiger partial charge is 0.416 e. The average molecular weight is 319 g/mol. The van der Waals surface area contributed by atoms with E-state index in [9.17, 15) is 13.2 Å². The quantitative estimate of drug-likeness (QED) is 0.906. The molecule has 0 saturated heterocycles. The largest absolute Gasteiger partial charge is 0.481 e. The molecule has 3 N–H and O–H groups in total. The van der Waals surface area contributed by atoms with Crippen LogP contribution < -0.4 is 15.8 Å². The number of rotatable bonds is 3. The number of nitrogens with zero attached hydrogens (tertiary/aromatic N) is 2. The molecule has 1 heterocycles. The maximum Gasteiger partial charge on any atom is 0.416 e. The summed E-state index contributed by atoms with van der Waals surface area (Å²) in [6.07, 6.45) is -4.50. The van der Waals surface area contributed by atoms with Crippen molar-refractivity contribution in [2.45, 2.75) is 6.18 Å². The zero-order chi connectivity index (χ0) is 15.6. The molecule has 0 amide bonds. The van der Waals surface area contributed by atoms with Gasteiger partial charge in [-0.1, -0.05) is 11.6 Å². The minimum absolute atomic E-state index is 0.0543. The highest BCUT2D eigenvalue weighted by Gasteiger charge is 2.31. The molecule has 0 radical (unpaired) electrons. The molecule has 5 nitrogen and oxygen atoms in total. The number of benzene rings is 1. The zero-order valence-electron chi connectivity index (χ0n) is 10.7. The van der Waals surface area contributed by atoms with E-state index in [0.29, 0.717) is 0 Å². The lowest BCUT2D eigenvalue weighted by Gasteiger charge is -2.12. The highest BCUT2D eigenvalue weighted by molar-refractivity contribution is 6.31. The van der Waals surface area contributed by atoms with E-state index in [1.54, 1.807) is 0 Å². The summed E-state index contributed by atoms with van der Waals surface area (Å²) < 4.78 is 43.1. The summed E-state index contributed by atoms with van der Waals surface area (Å²) in [7, 11) is 1.38. The zero-order valence-corrected chi connectivity index (χ0v) is 11.5. The first-order valence-corrected chi connectivity index (χ1v) is 5.99. The summed E-state index contributed by atoms with van der Waals surface area (Å²) in [6, 6.07) is 4.48. The third kappa shape index (κ3) is 3.88. The summed E-state index contributed by atoms with van der Waals surface area (Å²) in [5.74, 6) is 0.299. The second-order valence-electron chi connectivity index (χ2n) is 4.01. The van der Waals surface area contributed by atoms with Crippen LogP contribution >= 0.6 is 11.6 Å². The second-order valence-corrected chi connectivity index (χ2v) is 4.44. The molecule has 21 heavy (non-hydrogen) atoms. The molecule has 112 valence electrons. The molecule has 2 rings (SSSR count). The van der Waals surface area contributed by atoms with E-state index >= 15 is 0 Å². The normalized spacial score (nSPS) is 11.3. The van der Waals surface area contributed by atoms with Crippen LogP contribution in [0.4, 0.5) is 30.6 Å². The van der Waals surface area contributed by atoms with Gasteiger partial charge in [0, 0.05) is 16.8 Å². The van der Waals surface area contributed by atoms with Gasteiger partial charge in [0.2, 0.25) is 11.8 Å². The van der Waals surface area contributed by atoms with Crippen molar-refractivity contribution in [3.8, 4) is 5.88 Å². The first-order valence-electron chi connectivity index (χ1n) is 5.61. The Morgan fingerprint density at radius 2 is 1.90 bits per heavy atom. The van der Waals surface area contributed by atoms with Crippen molar-refractivity contribution in [3.05, 3.63) is 34.9 Å². The Labute approximate surface area is 122 Å². The Morgan fingerprint density at radius 1 is 1.19 bits per heavy atom. The topological polar surface area (TPSA) is 73.1 Å². The van der Waals surface area contributed by atoms with Gasteiger partial charge in [-0.25, -0.2) is 0 Å². The van der Waals surface area contributed by atoms with Crippen molar-refractivity contribution in [1.82, 2.24) is 9.97 Å². The molecule has 0 aliphatic heterocycles. The van der Waals surface area contributed by atoms with Crippen LogP contribution in [0.3, 0.4) is 0 Å². The monoisotopic (exact) mass is 318 g/mol.